The summed E-state index contributed by atoms with van der Waals surface area (Å²) in [6.07, 6.45) is 0.0633. The summed E-state index contributed by atoms with van der Waals surface area (Å²) in [5, 5.41) is 2.99. The van der Waals surface area contributed by atoms with Gasteiger partial charge in [-0.2, -0.15) is 0 Å². The number of benzene rings is 2. The largest absolute Gasteiger partial charge is 0.493 e. The molecule has 5 heteroatoms. The number of hydrogen-bond donors (Lipinski definition) is 2. The Labute approximate surface area is 149 Å². The molecular formula is C20H26N2O3. The van der Waals surface area contributed by atoms with Gasteiger partial charge in [-0.25, -0.2) is 0 Å². The van der Waals surface area contributed by atoms with E-state index in [-0.39, 0.29) is 18.1 Å². The molecule has 25 heavy (non-hydrogen) atoms. The third-order valence-electron chi connectivity index (χ3n) is 3.85. The summed E-state index contributed by atoms with van der Waals surface area (Å²) < 4.78 is 11.1. The molecule has 5 nitrogen and oxygen atoms in total. The van der Waals surface area contributed by atoms with Gasteiger partial charge in [0.25, 0.3) is 5.91 Å². The van der Waals surface area contributed by atoms with Crippen LogP contribution in [0.1, 0.15) is 48.3 Å². The maximum atomic E-state index is 12.4. The molecule has 0 saturated heterocycles. The molecule has 0 heterocycles. The second-order valence-corrected chi connectivity index (χ2v) is 6.17. The molecule has 134 valence electrons. The van der Waals surface area contributed by atoms with Crippen LogP contribution in [0.4, 0.5) is 0 Å². The smallest absolute Gasteiger partial charge is 0.251 e. The first-order valence-corrected chi connectivity index (χ1v) is 8.39. The molecule has 0 aliphatic carbocycles. The zero-order valence-corrected chi connectivity index (χ0v) is 15.2. The van der Waals surface area contributed by atoms with Crippen LogP contribution in [0.3, 0.4) is 0 Å². The van der Waals surface area contributed by atoms with Crippen molar-refractivity contribution in [2.45, 2.75) is 39.5 Å². The average Bonchev–Trinajstić information content (AvgIpc) is 2.61. The molecular weight excluding hydrogens is 316 g/mol. The zero-order valence-electron chi connectivity index (χ0n) is 15.2. The normalized spacial score (nSPS) is 11.9. The van der Waals surface area contributed by atoms with E-state index in [4.69, 9.17) is 15.2 Å². The molecule has 1 atom stereocenters. The van der Waals surface area contributed by atoms with E-state index in [1.54, 1.807) is 19.2 Å². The van der Waals surface area contributed by atoms with Crippen LogP contribution in [0.15, 0.2) is 42.5 Å². The van der Waals surface area contributed by atoms with Crippen LogP contribution in [0.2, 0.25) is 0 Å². The lowest BCUT2D eigenvalue weighted by molar-refractivity contribution is 0.0940. The molecule has 0 spiro atoms. The maximum absolute atomic E-state index is 12.4. The minimum Gasteiger partial charge on any atom is -0.493 e. The highest BCUT2D eigenvalue weighted by atomic mass is 16.5. The predicted molar refractivity (Wildman–Crippen MR) is 99.0 cm³/mol. The van der Waals surface area contributed by atoms with Gasteiger partial charge in [-0.05, 0) is 56.2 Å². The van der Waals surface area contributed by atoms with Crippen LogP contribution in [-0.4, -0.2) is 19.1 Å². The fourth-order valence-electron chi connectivity index (χ4n) is 2.46. The highest BCUT2D eigenvalue weighted by Crippen LogP contribution is 2.31. The molecule has 0 aromatic heterocycles. The highest BCUT2D eigenvalue weighted by molar-refractivity contribution is 5.94. The van der Waals surface area contributed by atoms with E-state index in [1.165, 1.54) is 0 Å². The summed E-state index contributed by atoms with van der Waals surface area (Å²) in [6, 6.07) is 12.8. The van der Waals surface area contributed by atoms with Crippen LogP contribution in [-0.2, 0) is 6.54 Å². The number of hydrogen-bond acceptors (Lipinski definition) is 4. The van der Waals surface area contributed by atoms with Crippen molar-refractivity contribution in [1.29, 1.82) is 0 Å². The van der Waals surface area contributed by atoms with E-state index in [1.807, 2.05) is 51.1 Å². The lowest BCUT2D eigenvalue weighted by Crippen LogP contribution is -2.26. The van der Waals surface area contributed by atoms with E-state index in [9.17, 15) is 4.79 Å². The molecule has 2 aromatic carbocycles. The topological polar surface area (TPSA) is 73.6 Å². The number of carbonyl (C=O) groups excluding carboxylic acids is 1. The predicted octanol–water partition coefficient (Wildman–Crippen LogP) is 3.43. The van der Waals surface area contributed by atoms with Gasteiger partial charge in [0.2, 0.25) is 0 Å². The van der Waals surface area contributed by atoms with Crippen LogP contribution in [0.25, 0.3) is 0 Å². The SMILES string of the molecule is COc1cc(C(C)NC(=O)c2ccc(CN)cc2)ccc1OC(C)C. The zero-order chi connectivity index (χ0) is 18.4. The van der Waals surface area contributed by atoms with Crippen molar-refractivity contribution in [3.63, 3.8) is 0 Å². The van der Waals surface area contributed by atoms with Gasteiger partial charge < -0.3 is 20.5 Å². The number of methoxy groups -OCH3 is 1. The van der Waals surface area contributed by atoms with Crippen molar-refractivity contribution in [3.8, 4) is 11.5 Å². The molecule has 0 fully saturated rings. The molecule has 1 amide bonds. The monoisotopic (exact) mass is 342 g/mol. The summed E-state index contributed by atoms with van der Waals surface area (Å²) in [5.74, 6) is 1.22. The third kappa shape index (κ3) is 4.97. The average molecular weight is 342 g/mol. The summed E-state index contributed by atoms with van der Waals surface area (Å²) in [6.45, 7) is 6.32. The lowest BCUT2D eigenvalue weighted by Gasteiger charge is -2.18. The molecule has 0 aliphatic heterocycles. The Kier molecular flexibility index (Phi) is 6.42. The molecule has 0 aliphatic rings. The van der Waals surface area contributed by atoms with Crippen LogP contribution >= 0.6 is 0 Å². The Balaban J connectivity index is 2.11. The molecule has 0 radical (unpaired) electrons. The summed E-state index contributed by atoms with van der Waals surface area (Å²) in [5.41, 5.74) is 8.13. The minimum absolute atomic E-state index is 0.0633. The molecule has 0 bridgehead atoms. The Morgan fingerprint density at radius 1 is 1.08 bits per heavy atom. The number of nitrogens with one attached hydrogen (secondary N) is 1. The summed E-state index contributed by atoms with van der Waals surface area (Å²) in [7, 11) is 1.61. The number of ether oxygens (including phenoxy) is 2. The third-order valence-corrected chi connectivity index (χ3v) is 3.85. The Bertz CT molecular complexity index is 711. The molecule has 3 N–H and O–H groups in total. The van der Waals surface area contributed by atoms with Crippen LogP contribution < -0.4 is 20.5 Å². The van der Waals surface area contributed by atoms with Gasteiger partial charge in [-0.15, -0.1) is 0 Å². The van der Waals surface area contributed by atoms with E-state index in [0.29, 0.717) is 23.6 Å². The Hall–Kier alpha value is -2.53. The Morgan fingerprint density at radius 2 is 1.76 bits per heavy atom. The van der Waals surface area contributed by atoms with Crippen molar-refractivity contribution in [2.24, 2.45) is 5.73 Å². The summed E-state index contributed by atoms with van der Waals surface area (Å²) in [4.78, 5) is 12.4. The first-order valence-electron chi connectivity index (χ1n) is 8.39. The van der Waals surface area contributed by atoms with Crippen molar-refractivity contribution in [2.75, 3.05) is 7.11 Å². The second-order valence-electron chi connectivity index (χ2n) is 6.17. The first-order chi connectivity index (χ1) is 11.9. The van der Waals surface area contributed by atoms with Gasteiger partial charge >= 0.3 is 0 Å². The Morgan fingerprint density at radius 3 is 2.32 bits per heavy atom. The number of nitrogens with two attached hydrogens (primary N) is 1. The minimum atomic E-state index is -0.163. The van der Waals surface area contributed by atoms with Gasteiger partial charge in [0.05, 0.1) is 19.3 Å². The molecule has 1 unspecified atom stereocenters. The standard InChI is InChI=1S/C20H26N2O3/c1-13(2)25-18-10-9-17(11-19(18)24-4)14(3)22-20(23)16-7-5-15(12-21)6-8-16/h5-11,13-14H,12,21H2,1-4H3,(H,22,23). The first kappa shape index (κ1) is 18.8. The van der Waals surface area contributed by atoms with Crippen LogP contribution in [0.5, 0.6) is 11.5 Å². The van der Waals surface area contributed by atoms with E-state index >= 15 is 0 Å². The van der Waals surface area contributed by atoms with Crippen molar-refractivity contribution in [1.82, 2.24) is 5.32 Å². The lowest BCUT2D eigenvalue weighted by atomic mass is 10.1. The molecule has 0 saturated carbocycles. The van der Waals surface area contributed by atoms with Crippen molar-refractivity contribution < 1.29 is 14.3 Å². The van der Waals surface area contributed by atoms with Crippen molar-refractivity contribution >= 4 is 5.91 Å². The quantitative estimate of drug-likeness (QED) is 0.808. The second kappa shape index (κ2) is 8.53. The number of rotatable bonds is 7. The van der Waals surface area contributed by atoms with E-state index in [2.05, 4.69) is 5.32 Å². The fourth-order valence-corrected chi connectivity index (χ4v) is 2.46. The maximum Gasteiger partial charge on any atom is 0.251 e. The molecule has 2 aromatic rings. The summed E-state index contributed by atoms with van der Waals surface area (Å²) >= 11 is 0. The van der Waals surface area contributed by atoms with Gasteiger partial charge in [0.1, 0.15) is 0 Å². The van der Waals surface area contributed by atoms with Gasteiger partial charge in [0, 0.05) is 12.1 Å². The van der Waals surface area contributed by atoms with Gasteiger partial charge in [-0.3, -0.25) is 4.79 Å². The fraction of sp³-hybridized carbons (Fsp3) is 0.350. The van der Waals surface area contributed by atoms with Gasteiger partial charge in [-0.1, -0.05) is 18.2 Å². The van der Waals surface area contributed by atoms with Gasteiger partial charge in [0.15, 0.2) is 11.5 Å². The highest BCUT2D eigenvalue weighted by Gasteiger charge is 2.14. The van der Waals surface area contributed by atoms with E-state index in [0.717, 1.165) is 11.1 Å². The molecule has 2 rings (SSSR count). The van der Waals surface area contributed by atoms with Crippen LogP contribution in [0, 0.1) is 0 Å². The number of carbonyl (C=O) groups is 1. The van der Waals surface area contributed by atoms with Crippen molar-refractivity contribution in [3.05, 3.63) is 59.2 Å². The number of amides is 1. The van der Waals surface area contributed by atoms with E-state index < -0.39 is 0 Å².